The fraction of sp³-hybridized carbons (Fsp3) is 0.786. The van der Waals surface area contributed by atoms with Gasteiger partial charge in [0, 0.05) is 39.1 Å². The molecule has 118 valence electrons. The smallest absolute Gasteiger partial charge is 0.240 e. The van der Waals surface area contributed by atoms with Crippen molar-refractivity contribution < 1.29 is 9.32 Å². The predicted molar refractivity (Wildman–Crippen MR) is 78.8 cm³/mol. The molecule has 21 heavy (non-hydrogen) atoms. The number of hydrogen-bond acceptors (Lipinski definition) is 6. The number of carbonyl (C=O) groups is 1. The molecule has 1 aromatic heterocycles. The molecule has 0 bridgehead atoms. The molecular weight excluding hydrogens is 270 g/mol. The Morgan fingerprint density at radius 2 is 2.19 bits per heavy atom. The van der Waals surface area contributed by atoms with Crippen LogP contribution in [-0.4, -0.2) is 65.6 Å². The van der Waals surface area contributed by atoms with Crippen LogP contribution in [-0.2, 0) is 16.8 Å². The molecule has 1 aliphatic heterocycles. The van der Waals surface area contributed by atoms with Gasteiger partial charge in [0.2, 0.25) is 11.8 Å². The number of aromatic nitrogens is 2. The van der Waals surface area contributed by atoms with Crippen LogP contribution >= 0.6 is 0 Å². The summed E-state index contributed by atoms with van der Waals surface area (Å²) in [5.74, 6) is 1.36. The summed E-state index contributed by atoms with van der Waals surface area (Å²) in [5.41, 5.74) is -0.135. The van der Waals surface area contributed by atoms with E-state index < -0.39 is 0 Å². The first-order valence-corrected chi connectivity index (χ1v) is 7.28. The SMILES string of the molecule is CN(C)C(=O)C1CNCCN1Cc1nc(C(C)(C)C)no1. The molecule has 1 N–H and O–H groups in total. The summed E-state index contributed by atoms with van der Waals surface area (Å²) < 4.78 is 5.33. The summed E-state index contributed by atoms with van der Waals surface area (Å²) in [5, 5.41) is 7.29. The van der Waals surface area contributed by atoms with Crippen molar-refractivity contribution >= 4 is 5.91 Å². The van der Waals surface area contributed by atoms with E-state index in [0.29, 0.717) is 24.8 Å². The summed E-state index contributed by atoms with van der Waals surface area (Å²) in [7, 11) is 3.55. The largest absolute Gasteiger partial charge is 0.347 e. The van der Waals surface area contributed by atoms with E-state index in [2.05, 4.69) is 20.4 Å². The van der Waals surface area contributed by atoms with Crippen LogP contribution in [0.15, 0.2) is 4.52 Å². The first-order valence-electron chi connectivity index (χ1n) is 7.28. The van der Waals surface area contributed by atoms with Crippen LogP contribution in [0.5, 0.6) is 0 Å². The van der Waals surface area contributed by atoms with E-state index >= 15 is 0 Å². The fourth-order valence-corrected chi connectivity index (χ4v) is 2.27. The van der Waals surface area contributed by atoms with Gasteiger partial charge in [-0.2, -0.15) is 4.98 Å². The molecule has 2 heterocycles. The molecule has 1 aliphatic rings. The minimum atomic E-state index is -0.182. The van der Waals surface area contributed by atoms with E-state index in [4.69, 9.17) is 4.52 Å². The molecule has 2 rings (SSSR count). The van der Waals surface area contributed by atoms with Crippen molar-refractivity contribution in [1.82, 2.24) is 25.3 Å². The van der Waals surface area contributed by atoms with E-state index in [9.17, 15) is 4.79 Å². The number of rotatable bonds is 3. The lowest BCUT2D eigenvalue weighted by Crippen LogP contribution is -2.57. The van der Waals surface area contributed by atoms with Crippen molar-refractivity contribution in [1.29, 1.82) is 0 Å². The Hall–Kier alpha value is -1.47. The maximum atomic E-state index is 12.2. The minimum Gasteiger partial charge on any atom is -0.347 e. The molecule has 7 heteroatoms. The zero-order valence-electron chi connectivity index (χ0n) is 13.5. The molecule has 1 atom stereocenters. The molecule has 1 amide bonds. The Bertz CT molecular complexity index is 492. The standard InChI is InChI=1S/C14H25N5O2/c1-14(2,3)13-16-11(21-17-13)9-19-7-6-15-8-10(19)12(20)18(4)5/h10,15H,6-9H2,1-5H3. The third-order valence-corrected chi connectivity index (χ3v) is 3.56. The Kier molecular flexibility index (Phi) is 4.63. The Labute approximate surface area is 125 Å². The van der Waals surface area contributed by atoms with Gasteiger partial charge in [0.05, 0.1) is 6.54 Å². The van der Waals surface area contributed by atoms with Gasteiger partial charge in [-0.3, -0.25) is 9.69 Å². The van der Waals surface area contributed by atoms with E-state index in [1.54, 1.807) is 19.0 Å². The van der Waals surface area contributed by atoms with Crippen LogP contribution in [0.3, 0.4) is 0 Å². The molecule has 0 radical (unpaired) electrons. The molecule has 0 aliphatic carbocycles. The second-order valence-corrected chi connectivity index (χ2v) is 6.68. The summed E-state index contributed by atoms with van der Waals surface area (Å²) in [6, 6.07) is -0.182. The van der Waals surface area contributed by atoms with Gasteiger partial charge in [0.1, 0.15) is 6.04 Å². The molecule has 1 aromatic rings. The van der Waals surface area contributed by atoms with Crippen LogP contribution in [0.4, 0.5) is 0 Å². The number of amides is 1. The molecule has 1 saturated heterocycles. The quantitative estimate of drug-likeness (QED) is 0.860. The van der Waals surface area contributed by atoms with Crippen molar-refractivity contribution in [2.24, 2.45) is 0 Å². The third-order valence-electron chi connectivity index (χ3n) is 3.56. The van der Waals surface area contributed by atoms with Crippen LogP contribution in [0, 0.1) is 0 Å². The summed E-state index contributed by atoms with van der Waals surface area (Å²) >= 11 is 0. The third kappa shape index (κ3) is 3.79. The van der Waals surface area contributed by atoms with Crippen molar-refractivity contribution in [2.75, 3.05) is 33.7 Å². The van der Waals surface area contributed by atoms with Gasteiger partial charge in [-0.1, -0.05) is 25.9 Å². The van der Waals surface area contributed by atoms with E-state index in [1.807, 2.05) is 20.8 Å². The van der Waals surface area contributed by atoms with Crippen molar-refractivity contribution in [3.05, 3.63) is 11.7 Å². The molecule has 7 nitrogen and oxygen atoms in total. The number of carbonyl (C=O) groups excluding carboxylic acids is 1. The van der Waals surface area contributed by atoms with Crippen LogP contribution in [0.2, 0.25) is 0 Å². The molecule has 0 aromatic carbocycles. The number of nitrogens with one attached hydrogen (secondary N) is 1. The van der Waals surface area contributed by atoms with Crippen LogP contribution in [0.1, 0.15) is 32.5 Å². The Balaban J connectivity index is 2.09. The minimum absolute atomic E-state index is 0.0951. The van der Waals surface area contributed by atoms with Gasteiger partial charge < -0.3 is 14.7 Å². The fourth-order valence-electron chi connectivity index (χ4n) is 2.27. The monoisotopic (exact) mass is 295 g/mol. The van der Waals surface area contributed by atoms with E-state index in [0.717, 1.165) is 13.1 Å². The maximum Gasteiger partial charge on any atom is 0.240 e. The average Bonchev–Trinajstić information content (AvgIpc) is 2.87. The Morgan fingerprint density at radius 3 is 2.76 bits per heavy atom. The second kappa shape index (κ2) is 6.11. The van der Waals surface area contributed by atoms with Gasteiger partial charge >= 0.3 is 0 Å². The predicted octanol–water partition coefficient (Wildman–Crippen LogP) is 0.229. The van der Waals surface area contributed by atoms with Gasteiger partial charge in [0.25, 0.3) is 0 Å². The average molecular weight is 295 g/mol. The highest BCUT2D eigenvalue weighted by Crippen LogP contribution is 2.19. The zero-order chi connectivity index (χ0) is 15.6. The van der Waals surface area contributed by atoms with Crippen LogP contribution < -0.4 is 5.32 Å². The number of nitrogens with zero attached hydrogens (tertiary/aromatic N) is 4. The highest BCUT2D eigenvalue weighted by molar-refractivity contribution is 5.81. The summed E-state index contributed by atoms with van der Waals surface area (Å²) in [6.45, 7) is 8.95. The first kappa shape index (κ1) is 15.9. The lowest BCUT2D eigenvalue weighted by molar-refractivity contribution is -0.135. The highest BCUT2D eigenvalue weighted by atomic mass is 16.5. The van der Waals surface area contributed by atoms with E-state index in [-0.39, 0.29) is 17.4 Å². The normalized spacial score (nSPS) is 20.5. The molecule has 0 spiro atoms. The molecule has 1 fully saturated rings. The van der Waals surface area contributed by atoms with Gasteiger partial charge in [-0.25, -0.2) is 0 Å². The summed E-state index contributed by atoms with van der Waals surface area (Å²) in [6.07, 6.45) is 0. The van der Waals surface area contributed by atoms with Crippen molar-refractivity contribution in [3.8, 4) is 0 Å². The van der Waals surface area contributed by atoms with Gasteiger partial charge in [0.15, 0.2) is 5.82 Å². The van der Waals surface area contributed by atoms with Gasteiger partial charge in [-0.15, -0.1) is 0 Å². The number of piperazine rings is 1. The maximum absolute atomic E-state index is 12.2. The lowest BCUT2D eigenvalue weighted by atomic mass is 9.96. The first-order chi connectivity index (χ1) is 9.79. The second-order valence-electron chi connectivity index (χ2n) is 6.68. The zero-order valence-corrected chi connectivity index (χ0v) is 13.5. The lowest BCUT2D eigenvalue weighted by Gasteiger charge is -2.35. The molecule has 0 saturated carbocycles. The topological polar surface area (TPSA) is 74.5 Å². The highest BCUT2D eigenvalue weighted by Gasteiger charge is 2.31. The molecule has 1 unspecified atom stereocenters. The van der Waals surface area contributed by atoms with Gasteiger partial charge in [-0.05, 0) is 0 Å². The summed E-state index contributed by atoms with van der Waals surface area (Å²) in [4.78, 5) is 20.4. The Morgan fingerprint density at radius 1 is 1.48 bits per heavy atom. The number of hydrogen-bond donors (Lipinski definition) is 1. The van der Waals surface area contributed by atoms with Crippen molar-refractivity contribution in [3.63, 3.8) is 0 Å². The van der Waals surface area contributed by atoms with Crippen molar-refractivity contribution in [2.45, 2.75) is 38.8 Å². The van der Waals surface area contributed by atoms with E-state index in [1.165, 1.54) is 0 Å². The number of likely N-dealkylation sites (N-methyl/N-ethyl adjacent to an activating group) is 1. The van der Waals surface area contributed by atoms with Crippen LogP contribution in [0.25, 0.3) is 0 Å². The molecular formula is C14H25N5O2.